The van der Waals surface area contributed by atoms with E-state index in [1.807, 2.05) is 0 Å². The Bertz CT molecular complexity index is 401. The van der Waals surface area contributed by atoms with Crippen LogP contribution >= 0.6 is 0 Å². The number of benzene rings is 1. The molecule has 3 heteroatoms. The molecule has 0 radical (unpaired) electrons. The molecule has 0 unspecified atom stereocenters. The second-order valence-electron chi connectivity index (χ2n) is 5.85. The van der Waals surface area contributed by atoms with Crippen molar-refractivity contribution < 1.29 is 0 Å². The lowest BCUT2D eigenvalue weighted by Gasteiger charge is -2.25. The molecule has 118 valence electrons. The van der Waals surface area contributed by atoms with Crippen molar-refractivity contribution in [2.24, 2.45) is 0 Å². The van der Waals surface area contributed by atoms with Crippen LogP contribution in [0.25, 0.3) is 0 Å². The van der Waals surface area contributed by atoms with Gasteiger partial charge in [-0.3, -0.25) is 0 Å². The summed E-state index contributed by atoms with van der Waals surface area (Å²) in [5.74, 6) is 0. The first-order chi connectivity index (χ1) is 10.3. The maximum atomic E-state index is 3.60. The Morgan fingerprint density at radius 2 is 1.90 bits per heavy atom. The van der Waals surface area contributed by atoms with Gasteiger partial charge in [-0.05, 0) is 44.0 Å². The number of likely N-dealkylation sites (N-methyl/N-ethyl adjacent to an activating group) is 1. The number of hydrogen-bond donors (Lipinski definition) is 1. The van der Waals surface area contributed by atoms with Crippen LogP contribution in [-0.4, -0.2) is 50.7 Å². The maximum absolute atomic E-state index is 3.60. The molecule has 2 rings (SSSR count). The van der Waals surface area contributed by atoms with Gasteiger partial charge < -0.3 is 15.1 Å². The molecule has 0 bridgehead atoms. The van der Waals surface area contributed by atoms with Crippen molar-refractivity contribution >= 4 is 5.69 Å². The second kappa shape index (κ2) is 9.06. The van der Waals surface area contributed by atoms with Gasteiger partial charge in [0.1, 0.15) is 0 Å². The summed E-state index contributed by atoms with van der Waals surface area (Å²) in [6.45, 7) is 12.4. The minimum atomic E-state index is 1.08. The van der Waals surface area contributed by atoms with Crippen molar-refractivity contribution in [2.45, 2.75) is 33.1 Å². The van der Waals surface area contributed by atoms with Gasteiger partial charge in [-0.15, -0.1) is 0 Å². The monoisotopic (exact) mass is 289 g/mol. The van der Waals surface area contributed by atoms with Crippen LogP contribution in [0.5, 0.6) is 0 Å². The number of hydrogen-bond acceptors (Lipinski definition) is 3. The zero-order valence-electron chi connectivity index (χ0n) is 13.8. The highest BCUT2D eigenvalue weighted by atomic mass is 15.2. The van der Waals surface area contributed by atoms with E-state index in [9.17, 15) is 0 Å². The zero-order chi connectivity index (χ0) is 14.9. The van der Waals surface area contributed by atoms with Crippen LogP contribution < -0.4 is 10.2 Å². The standard InChI is InChI=1S/C18H31N3/c1-3-20(4-2)15-12-19-13-16-21-14-8-7-10-17-9-5-6-11-18(17)21/h5-6,9,11,19H,3-4,7-8,10,12-16H2,1-2H3. The molecule has 1 aromatic rings. The molecule has 1 aliphatic rings. The summed E-state index contributed by atoms with van der Waals surface area (Å²) < 4.78 is 0. The Hall–Kier alpha value is -1.06. The first-order valence-electron chi connectivity index (χ1n) is 8.61. The van der Waals surface area contributed by atoms with Crippen LogP contribution in [0.2, 0.25) is 0 Å². The fourth-order valence-corrected chi connectivity index (χ4v) is 3.12. The molecule has 0 fully saturated rings. The lowest BCUT2D eigenvalue weighted by molar-refractivity contribution is 0.303. The molecule has 0 spiro atoms. The van der Waals surface area contributed by atoms with Crippen molar-refractivity contribution in [2.75, 3.05) is 50.7 Å². The average Bonchev–Trinajstić information content (AvgIpc) is 2.73. The van der Waals surface area contributed by atoms with Crippen molar-refractivity contribution in [1.29, 1.82) is 0 Å². The molecule has 0 saturated carbocycles. The van der Waals surface area contributed by atoms with Gasteiger partial charge >= 0.3 is 0 Å². The van der Waals surface area contributed by atoms with Gasteiger partial charge in [0.2, 0.25) is 0 Å². The summed E-state index contributed by atoms with van der Waals surface area (Å²) in [4.78, 5) is 5.03. The van der Waals surface area contributed by atoms with Gasteiger partial charge in [0.05, 0.1) is 0 Å². The summed E-state index contributed by atoms with van der Waals surface area (Å²) in [6, 6.07) is 8.92. The van der Waals surface area contributed by atoms with Gasteiger partial charge in [0.15, 0.2) is 0 Å². The van der Waals surface area contributed by atoms with Crippen LogP contribution in [0.1, 0.15) is 32.3 Å². The van der Waals surface area contributed by atoms with Crippen molar-refractivity contribution in [3.63, 3.8) is 0 Å². The fraction of sp³-hybridized carbons (Fsp3) is 0.667. The van der Waals surface area contributed by atoms with Gasteiger partial charge in [0.25, 0.3) is 0 Å². The molecule has 3 nitrogen and oxygen atoms in total. The summed E-state index contributed by atoms with van der Waals surface area (Å²) in [5.41, 5.74) is 2.98. The SMILES string of the molecule is CCN(CC)CCNCCN1CCCCc2ccccc21. The van der Waals surface area contributed by atoms with Crippen LogP contribution in [0.3, 0.4) is 0 Å². The number of rotatable bonds is 8. The second-order valence-corrected chi connectivity index (χ2v) is 5.85. The molecule has 1 aliphatic heterocycles. The first kappa shape index (κ1) is 16.3. The molecule has 0 atom stereocenters. The highest BCUT2D eigenvalue weighted by Crippen LogP contribution is 2.25. The number of nitrogens with zero attached hydrogens (tertiary/aromatic N) is 2. The molecule has 0 aliphatic carbocycles. The lowest BCUT2D eigenvalue weighted by atomic mass is 10.1. The minimum absolute atomic E-state index is 1.08. The zero-order valence-corrected chi connectivity index (χ0v) is 13.8. The third-order valence-electron chi connectivity index (χ3n) is 4.51. The Morgan fingerprint density at radius 3 is 2.71 bits per heavy atom. The first-order valence-corrected chi connectivity index (χ1v) is 8.61. The topological polar surface area (TPSA) is 18.5 Å². The highest BCUT2D eigenvalue weighted by molar-refractivity contribution is 5.54. The van der Waals surface area contributed by atoms with Crippen LogP contribution in [0.4, 0.5) is 5.69 Å². The van der Waals surface area contributed by atoms with Gasteiger partial charge in [-0.2, -0.15) is 0 Å². The van der Waals surface area contributed by atoms with E-state index in [0.29, 0.717) is 0 Å². The number of fused-ring (bicyclic) bond motifs is 1. The summed E-state index contributed by atoms with van der Waals surface area (Å²) in [5, 5.41) is 3.60. The fourth-order valence-electron chi connectivity index (χ4n) is 3.12. The highest BCUT2D eigenvalue weighted by Gasteiger charge is 2.13. The van der Waals surface area contributed by atoms with Gasteiger partial charge in [-0.1, -0.05) is 32.0 Å². The summed E-state index contributed by atoms with van der Waals surface area (Å²) in [7, 11) is 0. The lowest BCUT2D eigenvalue weighted by Crippen LogP contribution is -2.37. The van der Waals surface area contributed by atoms with Crippen molar-refractivity contribution in [3.05, 3.63) is 29.8 Å². The number of nitrogens with one attached hydrogen (secondary N) is 1. The van der Waals surface area contributed by atoms with Gasteiger partial charge in [0, 0.05) is 38.4 Å². The van der Waals surface area contributed by atoms with E-state index >= 15 is 0 Å². The van der Waals surface area contributed by atoms with E-state index in [1.165, 1.54) is 37.1 Å². The Morgan fingerprint density at radius 1 is 1.10 bits per heavy atom. The predicted octanol–water partition coefficient (Wildman–Crippen LogP) is 2.76. The number of anilines is 1. The molecular weight excluding hydrogens is 258 g/mol. The third-order valence-corrected chi connectivity index (χ3v) is 4.51. The molecule has 1 aromatic carbocycles. The van der Waals surface area contributed by atoms with Gasteiger partial charge in [-0.25, -0.2) is 0 Å². The molecular formula is C18H31N3. The molecule has 1 heterocycles. The Kier molecular flexibility index (Phi) is 7.04. The maximum Gasteiger partial charge on any atom is 0.0399 e. The number of para-hydroxylation sites is 1. The molecule has 21 heavy (non-hydrogen) atoms. The molecule has 0 aromatic heterocycles. The van der Waals surface area contributed by atoms with E-state index in [1.54, 1.807) is 0 Å². The van der Waals surface area contributed by atoms with Crippen molar-refractivity contribution in [1.82, 2.24) is 10.2 Å². The largest absolute Gasteiger partial charge is 0.370 e. The quantitative estimate of drug-likeness (QED) is 0.742. The van der Waals surface area contributed by atoms with E-state index < -0.39 is 0 Å². The Labute approximate surface area is 130 Å². The minimum Gasteiger partial charge on any atom is -0.370 e. The van der Waals surface area contributed by atoms with E-state index in [0.717, 1.165) is 39.3 Å². The van der Waals surface area contributed by atoms with Crippen molar-refractivity contribution in [3.8, 4) is 0 Å². The smallest absolute Gasteiger partial charge is 0.0399 e. The summed E-state index contributed by atoms with van der Waals surface area (Å²) in [6.07, 6.45) is 3.87. The molecule has 0 amide bonds. The van der Waals surface area contributed by atoms with E-state index in [4.69, 9.17) is 0 Å². The van der Waals surface area contributed by atoms with E-state index in [2.05, 4.69) is 53.2 Å². The predicted molar refractivity (Wildman–Crippen MR) is 92.3 cm³/mol. The normalized spacial score (nSPS) is 15.1. The van der Waals surface area contributed by atoms with E-state index in [-0.39, 0.29) is 0 Å². The third kappa shape index (κ3) is 5.01. The summed E-state index contributed by atoms with van der Waals surface area (Å²) >= 11 is 0. The van der Waals surface area contributed by atoms with Crippen LogP contribution in [0.15, 0.2) is 24.3 Å². The van der Waals surface area contributed by atoms with Crippen LogP contribution in [-0.2, 0) is 6.42 Å². The Balaban J connectivity index is 1.75. The van der Waals surface area contributed by atoms with Crippen LogP contribution in [0, 0.1) is 0 Å². The number of aryl methyl sites for hydroxylation is 1. The molecule has 1 N–H and O–H groups in total. The molecule has 0 saturated heterocycles. The average molecular weight is 289 g/mol.